The van der Waals surface area contributed by atoms with E-state index in [2.05, 4.69) is 0 Å². The number of halogens is 8. The summed E-state index contributed by atoms with van der Waals surface area (Å²) >= 11 is 11.3. The maximum absolute atomic E-state index is 13.1. The van der Waals surface area contributed by atoms with Crippen LogP contribution in [0.4, 0.5) is 26.3 Å². The van der Waals surface area contributed by atoms with Crippen LogP contribution in [0.1, 0.15) is 31.8 Å². The topological polar surface area (TPSA) is 126 Å². The molecule has 244 valence electrons. The number of hydrogen-bond donors (Lipinski definition) is 2. The van der Waals surface area contributed by atoms with Crippen molar-refractivity contribution in [1.29, 1.82) is 0 Å². The zero-order valence-electron chi connectivity index (χ0n) is 22.5. The van der Waals surface area contributed by atoms with Crippen LogP contribution >= 0.6 is 23.2 Å². The normalized spacial score (nSPS) is 12.0. The van der Waals surface area contributed by atoms with E-state index in [1.54, 1.807) is 18.2 Å². The molecule has 4 rings (SSSR count). The number of alkyl halides is 6. The first-order chi connectivity index (χ1) is 21.2. The van der Waals surface area contributed by atoms with E-state index in [1.807, 2.05) is 4.72 Å². The molecule has 46 heavy (non-hydrogen) atoms. The summed E-state index contributed by atoms with van der Waals surface area (Å²) in [6, 6.07) is 18.3. The van der Waals surface area contributed by atoms with E-state index in [0.29, 0.717) is 5.02 Å². The molecule has 0 heterocycles. The minimum Gasteiger partial charge on any atom is -0.268 e. The van der Waals surface area contributed by atoms with Gasteiger partial charge in [-0.25, -0.2) is 26.3 Å². The lowest BCUT2D eigenvalue weighted by atomic mass is 10.0. The first-order valence-corrected chi connectivity index (χ1v) is 15.9. The van der Waals surface area contributed by atoms with E-state index < -0.39 is 65.8 Å². The summed E-state index contributed by atoms with van der Waals surface area (Å²) in [6.45, 7) is 0. The number of nitrogens with one attached hydrogen (secondary N) is 2. The zero-order valence-corrected chi connectivity index (χ0v) is 25.7. The van der Waals surface area contributed by atoms with E-state index in [0.717, 1.165) is 12.1 Å². The van der Waals surface area contributed by atoms with Crippen molar-refractivity contribution in [2.75, 3.05) is 0 Å². The van der Waals surface area contributed by atoms with Crippen molar-refractivity contribution in [1.82, 2.24) is 9.44 Å². The molecule has 0 bridgehead atoms. The van der Waals surface area contributed by atoms with Crippen molar-refractivity contribution in [3.63, 3.8) is 0 Å². The highest BCUT2D eigenvalue weighted by Crippen LogP contribution is 2.37. The molecule has 0 saturated heterocycles. The predicted molar refractivity (Wildman–Crippen MR) is 155 cm³/mol. The van der Waals surface area contributed by atoms with Crippen molar-refractivity contribution in [2.45, 2.75) is 22.1 Å². The largest absolute Gasteiger partial charge is 0.417 e. The quantitative estimate of drug-likeness (QED) is 0.207. The van der Waals surface area contributed by atoms with E-state index in [4.69, 9.17) is 23.2 Å². The maximum Gasteiger partial charge on any atom is 0.417 e. The Balaban J connectivity index is 0.000000266. The van der Waals surface area contributed by atoms with E-state index in [-0.39, 0.29) is 33.7 Å². The first-order valence-electron chi connectivity index (χ1n) is 12.2. The maximum atomic E-state index is 13.1. The minimum atomic E-state index is -5.32. The number of carbonyl (C=O) groups excluding carboxylic acids is 2. The highest BCUT2D eigenvalue weighted by molar-refractivity contribution is 7.90. The lowest BCUT2D eigenvalue weighted by molar-refractivity contribution is -0.143. The van der Waals surface area contributed by atoms with Crippen LogP contribution in [-0.2, 0) is 32.4 Å². The molecule has 0 aromatic heterocycles. The third-order valence-corrected chi connectivity index (χ3v) is 8.83. The number of benzene rings is 4. The third-order valence-electron chi connectivity index (χ3n) is 5.63. The smallest absolute Gasteiger partial charge is 0.268 e. The van der Waals surface area contributed by atoms with Gasteiger partial charge in [-0.2, -0.15) is 26.3 Å². The Hall–Kier alpha value is -4.12. The van der Waals surface area contributed by atoms with Crippen molar-refractivity contribution in [2.24, 2.45) is 0 Å². The molecule has 2 N–H and O–H groups in total. The van der Waals surface area contributed by atoms with Gasteiger partial charge in [0.05, 0.1) is 26.5 Å². The van der Waals surface area contributed by atoms with Crippen molar-refractivity contribution < 1.29 is 52.8 Å². The van der Waals surface area contributed by atoms with Gasteiger partial charge in [0.1, 0.15) is 0 Å². The van der Waals surface area contributed by atoms with Crippen LogP contribution in [0.15, 0.2) is 107 Å². The monoisotopic (exact) mass is 726 g/mol. The summed E-state index contributed by atoms with van der Waals surface area (Å²) in [4.78, 5) is 23.3. The van der Waals surface area contributed by atoms with Crippen molar-refractivity contribution >= 4 is 55.1 Å². The fourth-order valence-corrected chi connectivity index (χ4v) is 5.64. The molecule has 0 radical (unpaired) electrons. The van der Waals surface area contributed by atoms with Gasteiger partial charge in [-0.05, 0) is 78.9 Å². The summed E-state index contributed by atoms with van der Waals surface area (Å²) in [5, 5.41) is 0.593. The molecule has 4 aromatic carbocycles. The predicted octanol–water partition coefficient (Wildman–Crippen LogP) is 6.96. The summed E-state index contributed by atoms with van der Waals surface area (Å²) in [6.07, 6.45) is -10.4. The number of hydrogen-bond acceptors (Lipinski definition) is 6. The Labute approximate surface area is 268 Å². The van der Waals surface area contributed by atoms with Gasteiger partial charge >= 0.3 is 12.4 Å². The second-order valence-corrected chi connectivity index (χ2v) is 13.1. The van der Waals surface area contributed by atoms with E-state index in [9.17, 15) is 52.8 Å². The van der Waals surface area contributed by atoms with Gasteiger partial charge in [0, 0.05) is 15.6 Å². The van der Waals surface area contributed by atoms with Crippen LogP contribution in [0.2, 0.25) is 10.0 Å². The standard InChI is InChI=1S/C15H8ClF6NO3S.C13H10ClNO3S/c16-9-2-4-10(5-3-9)27(25,26)23-13(24)11-6-1-8(14(17,18)19)7-12(11)15(20,21)22;14-11-6-8-12(9-7-11)19(17,18)15-13(16)10-4-2-1-3-5-10/h1-7H,(H,23,24);1-9H,(H,15,16). The van der Waals surface area contributed by atoms with E-state index in [1.165, 1.54) is 53.3 Å². The number of carbonyl (C=O) groups is 2. The van der Waals surface area contributed by atoms with Crippen LogP contribution < -0.4 is 9.44 Å². The molecule has 8 nitrogen and oxygen atoms in total. The Morgan fingerprint density at radius 3 is 1.41 bits per heavy atom. The Bertz CT molecular complexity index is 1940. The molecule has 0 unspecified atom stereocenters. The summed E-state index contributed by atoms with van der Waals surface area (Å²) in [5.74, 6) is -2.40. The molecular weight excluding hydrogens is 709 g/mol. The Morgan fingerprint density at radius 2 is 1.00 bits per heavy atom. The van der Waals surface area contributed by atoms with Gasteiger partial charge in [0.25, 0.3) is 31.9 Å². The summed E-state index contributed by atoms with van der Waals surface area (Å²) < 4.78 is 129. The second-order valence-electron chi connectivity index (χ2n) is 8.90. The molecular formula is C28H18Cl2F6N2O6S2. The molecule has 0 atom stereocenters. The first kappa shape index (κ1) is 36.3. The van der Waals surface area contributed by atoms with Gasteiger partial charge in [-0.1, -0.05) is 41.4 Å². The van der Waals surface area contributed by atoms with Gasteiger partial charge in [-0.3, -0.25) is 9.59 Å². The molecule has 2 amide bonds. The van der Waals surface area contributed by atoms with Crippen LogP contribution in [0.25, 0.3) is 0 Å². The number of rotatable bonds is 6. The average molecular weight is 727 g/mol. The molecule has 0 aliphatic carbocycles. The Kier molecular flexibility index (Phi) is 11.2. The lowest BCUT2D eigenvalue weighted by Gasteiger charge is -2.16. The third kappa shape index (κ3) is 9.69. The Morgan fingerprint density at radius 1 is 0.565 bits per heavy atom. The summed E-state index contributed by atoms with van der Waals surface area (Å²) in [7, 11) is -8.46. The lowest BCUT2D eigenvalue weighted by Crippen LogP contribution is -2.32. The summed E-state index contributed by atoms with van der Waals surface area (Å²) in [5.41, 5.74) is -4.54. The van der Waals surface area contributed by atoms with E-state index >= 15 is 0 Å². The van der Waals surface area contributed by atoms with Crippen LogP contribution in [-0.4, -0.2) is 28.6 Å². The molecule has 0 spiro atoms. The molecule has 0 aliphatic heterocycles. The van der Waals surface area contributed by atoms with Crippen LogP contribution in [0.5, 0.6) is 0 Å². The van der Waals surface area contributed by atoms with Gasteiger partial charge in [0.2, 0.25) is 0 Å². The van der Waals surface area contributed by atoms with Crippen molar-refractivity contribution in [3.05, 3.63) is 129 Å². The van der Waals surface area contributed by atoms with Crippen LogP contribution in [0, 0.1) is 0 Å². The van der Waals surface area contributed by atoms with Gasteiger partial charge < -0.3 is 0 Å². The molecule has 18 heteroatoms. The molecule has 4 aromatic rings. The highest BCUT2D eigenvalue weighted by Gasteiger charge is 2.40. The van der Waals surface area contributed by atoms with Gasteiger partial charge in [0.15, 0.2) is 0 Å². The van der Waals surface area contributed by atoms with Gasteiger partial charge in [-0.15, -0.1) is 0 Å². The minimum absolute atomic E-state index is 0.0128. The number of amides is 2. The fourth-order valence-electron chi connectivity index (χ4n) is 3.45. The van der Waals surface area contributed by atoms with Crippen molar-refractivity contribution in [3.8, 4) is 0 Å². The average Bonchev–Trinajstić information content (AvgIpc) is 2.97. The fraction of sp³-hybridized carbons (Fsp3) is 0.0714. The zero-order chi connectivity index (χ0) is 34.5. The second kappa shape index (κ2) is 14.1. The van der Waals surface area contributed by atoms with Crippen LogP contribution in [0.3, 0.4) is 0 Å². The number of sulfonamides is 2. The SMILES string of the molecule is O=C(NS(=O)(=O)c1ccc(Cl)cc1)c1ccc(C(F)(F)F)cc1C(F)(F)F.O=C(NS(=O)(=O)c1ccc(Cl)cc1)c1ccccc1. The highest BCUT2D eigenvalue weighted by atomic mass is 35.5. The molecule has 0 fully saturated rings. The molecule has 0 aliphatic rings. The molecule has 0 saturated carbocycles.